The maximum absolute atomic E-state index is 5.28. The van der Waals surface area contributed by atoms with Crippen molar-refractivity contribution in [3.8, 4) is 0 Å². The van der Waals surface area contributed by atoms with Gasteiger partial charge < -0.3 is 4.52 Å². The standard InChI is InChI=1S/C13H25N3OS/c1-6-16(8-7-11(4)18-5)9-12-14-13(10(2)3)15-17-12/h10-11H,6-9H2,1-5H3. The molecule has 0 N–H and O–H groups in total. The first kappa shape index (κ1) is 15.5. The van der Waals surface area contributed by atoms with Gasteiger partial charge >= 0.3 is 0 Å². The highest BCUT2D eigenvalue weighted by Gasteiger charge is 2.13. The van der Waals surface area contributed by atoms with Crippen LogP contribution in [0.4, 0.5) is 0 Å². The molecule has 0 bridgehead atoms. The van der Waals surface area contributed by atoms with Crippen LogP contribution in [0.3, 0.4) is 0 Å². The maximum Gasteiger partial charge on any atom is 0.240 e. The highest BCUT2D eigenvalue weighted by Crippen LogP contribution is 2.13. The third-order valence-electron chi connectivity index (χ3n) is 3.06. The number of hydrogen-bond donors (Lipinski definition) is 0. The Labute approximate surface area is 115 Å². The number of rotatable bonds is 8. The van der Waals surface area contributed by atoms with Crippen molar-refractivity contribution in [3.63, 3.8) is 0 Å². The highest BCUT2D eigenvalue weighted by atomic mass is 32.2. The van der Waals surface area contributed by atoms with Gasteiger partial charge in [0.05, 0.1) is 6.54 Å². The molecule has 1 aromatic rings. The molecule has 0 radical (unpaired) electrons. The summed E-state index contributed by atoms with van der Waals surface area (Å²) < 4.78 is 5.28. The molecule has 0 fully saturated rings. The van der Waals surface area contributed by atoms with E-state index < -0.39 is 0 Å². The normalized spacial score (nSPS) is 13.5. The van der Waals surface area contributed by atoms with Crippen LogP contribution >= 0.6 is 11.8 Å². The number of nitrogens with zero attached hydrogens (tertiary/aromatic N) is 3. The number of aromatic nitrogens is 2. The minimum absolute atomic E-state index is 0.328. The summed E-state index contributed by atoms with van der Waals surface area (Å²) in [5, 5.41) is 4.70. The summed E-state index contributed by atoms with van der Waals surface area (Å²) in [5.41, 5.74) is 0. The summed E-state index contributed by atoms with van der Waals surface area (Å²) in [6.07, 6.45) is 3.36. The van der Waals surface area contributed by atoms with E-state index in [1.165, 1.54) is 6.42 Å². The molecule has 0 aliphatic heterocycles. The van der Waals surface area contributed by atoms with Gasteiger partial charge in [-0.25, -0.2) is 0 Å². The second-order valence-electron chi connectivity index (χ2n) is 4.90. The second-order valence-corrected chi connectivity index (χ2v) is 6.18. The molecule has 0 spiro atoms. The van der Waals surface area contributed by atoms with E-state index in [-0.39, 0.29) is 0 Å². The van der Waals surface area contributed by atoms with Crippen LogP contribution < -0.4 is 0 Å². The van der Waals surface area contributed by atoms with Crippen molar-refractivity contribution in [3.05, 3.63) is 11.7 Å². The summed E-state index contributed by atoms with van der Waals surface area (Å²) in [6, 6.07) is 0. The molecule has 0 saturated heterocycles. The molecule has 1 atom stereocenters. The average molecular weight is 271 g/mol. The van der Waals surface area contributed by atoms with E-state index in [4.69, 9.17) is 4.52 Å². The molecule has 104 valence electrons. The monoisotopic (exact) mass is 271 g/mol. The summed E-state index contributed by atoms with van der Waals surface area (Å²) in [7, 11) is 0. The van der Waals surface area contributed by atoms with E-state index in [0.29, 0.717) is 11.2 Å². The van der Waals surface area contributed by atoms with Crippen LogP contribution in [-0.4, -0.2) is 39.6 Å². The van der Waals surface area contributed by atoms with E-state index in [9.17, 15) is 0 Å². The van der Waals surface area contributed by atoms with Crippen LogP contribution in [0, 0.1) is 0 Å². The molecule has 0 saturated carbocycles. The van der Waals surface area contributed by atoms with Gasteiger partial charge in [0.25, 0.3) is 0 Å². The van der Waals surface area contributed by atoms with Gasteiger partial charge in [0, 0.05) is 11.2 Å². The lowest BCUT2D eigenvalue weighted by molar-refractivity contribution is 0.233. The first-order valence-corrected chi connectivity index (χ1v) is 7.93. The van der Waals surface area contributed by atoms with Crippen molar-refractivity contribution in [2.24, 2.45) is 0 Å². The van der Waals surface area contributed by atoms with Crippen LogP contribution in [0.25, 0.3) is 0 Å². The van der Waals surface area contributed by atoms with Gasteiger partial charge in [-0.2, -0.15) is 16.7 Å². The van der Waals surface area contributed by atoms with Crippen molar-refractivity contribution >= 4 is 11.8 Å². The Morgan fingerprint density at radius 2 is 2.06 bits per heavy atom. The molecule has 0 amide bonds. The zero-order valence-corrected chi connectivity index (χ0v) is 13.0. The minimum atomic E-state index is 0.328. The zero-order valence-electron chi connectivity index (χ0n) is 12.1. The average Bonchev–Trinajstić information content (AvgIpc) is 2.82. The second kappa shape index (κ2) is 7.79. The Morgan fingerprint density at radius 1 is 1.33 bits per heavy atom. The Kier molecular flexibility index (Phi) is 6.71. The Balaban J connectivity index is 2.46. The van der Waals surface area contributed by atoms with Gasteiger partial charge in [-0.1, -0.05) is 32.9 Å². The first-order valence-electron chi connectivity index (χ1n) is 6.64. The predicted octanol–water partition coefficient (Wildman–Crippen LogP) is 3.16. The van der Waals surface area contributed by atoms with Crippen LogP contribution in [0.2, 0.25) is 0 Å². The molecule has 1 unspecified atom stereocenters. The van der Waals surface area contributed by atoms with Crippen LogP contribution in [0.1, 0.15) is 51.7 Å². The largest absolute Gasteiger partial charge is 0.338 e. The fourth-order valence-corrected chi connectivity index (χ4v) is 1.93. The maximum atomic E-state index is 5.28. The topological polar surface area (TPSA) is 42.2 Å². The van der Waals surface area contributed by atoms with Crippen molar-refractivity contribution in [2.75, 3.05) is 19.3 Å². The van der Waals surface area contributed by atoms with Crippen molar-refractivity contribution in [1.29, 1.82) is 0 Å². The van der Waals surface area contributed by atoms with E-state index in [1.54, 1.807) is 0 Å². The molecule has 1 heterocycles. The van der Waals surface area contributed by atoms with Crippen LogP contribution in [0.5, 0.6) is 0 Å². The van der Waals surface area contributed by atoms with Gasteiger partial charge in [-0.05, 0) is 25.8 Å². The molecule has 18 heavy (non-hydrogen) atoms. The quantitative estimate of drug-likeness (QED) is 0.726. The molecule has 4 nitrogen and oxygen atoms in total. The third-order valence-corrected chi connectivity index (χ3v) is 4.10. The van der Waals surface area contributed by atoms with E-state index in [2.05, 4.69) is 49.0 Å². The Bertz CT molecular complexity index is 341. The van der Waals surface area contributed by atoms with Gasteiger partial charge in [0.15, 0.2) is 5.82 Å². The van der Waals surface area contributed by atoms with E-state index >= 15 is 0 Å². The lowest BCUT2D eigenvalue weighted by Crippen LogP contribution is -2.25. The molecule has 0 aliphatic carbocycles. The molecule has 5 heteroatoms. The Morgan fingerprint density at radius 3 is 2.56 bits per heavy atom. The summed E-state index contributed by atoms with van der Waals surface area (Å²) in [6.45, 7) is 11.4. The van der Waals surface area contributed by atoms with Gasteiger partial charge in [-0.15, -0.1) is 0 Å². The molecule has 0 aromatic carbocycles. The number of thioether (sulfide) groups is 1. The van der Waals surface area contributed by atoms with Gasteiger partial charge in [0.2, 0.25) is 5.89 Å². The van der Waals surface area contributed by atoms with Crippen molar-refractivity contribution < 1.29 is 4.52 Å². The predicted molar refractivity (Wildman–Crippen MR) is 76.9 cm³/mol. The molecule has 1 aromatic heterocycles. The van der Waals surface area contributed by atoms with Gasteiger partial charge in [-0.3, -0.25) is 4.90 Å². The Hall–Kier alpha value is -0.550. The fraction of sp³-hybridized carbons (Fsp3) is 0.846. The van der Waals surface area contributed by atoms with E-state index in [1.807, 2.05) is 11.8 Å². The minimum Gasteiger partial charge on any atom is -0.338 e. The molecule has 1 rings (SSSR count). The zero-order chi connectivity index (χ0) is 13.5. The molecule has 0 aliphatic rings. The summed E-state index contributed by atoms with van der Waals surface area (Å²) in [4.78, 5) is 6.77. The van der Waals surface area contributed by atoms with Crippen molar-refractivity contribution in [1.82, 2.24) is 15.0 Å². The molecular weight excluding hydrogens is 246 g/mol. The third kappa shape index (κ3) is 4.98. The van der Waals surface area contributed by atoms with Crippen LogP contribution in [-0.2, 0) is 6.54 Å². The lowest BCUT2D eigenvalue weighted by atomic mass is 10.2. The smallest absolute Gasteiger partial charge is 0.240 e. The summed E-state index contributed by atoms with van der Waals surface area (Å²) in [5.74, 6) is 1.87. The lowest BCUT2D eigenvalue weighted by Gasteiger charge is -2.19. The summed E-state index contributed by atoms with van der Waals surface area (Å²) >= 11 is 1.91. The van der Waals surface area contributed by atoms with Crippen LogP contribution in [0.15, 0.2) is 4.52 Å². The highest BCUT2D eigenvalue weighted by molar-refractivity contribution is 7.99. The fourth-order valence-electron chi connectivity index (χ4n) is 1.59. The van der Waals surface area contributed by atoms with E-state index in [0.717, 1.165) is 31.3 Å². The SMILES string of the molecule is CCN(CCC(C)SC)Cc1nc(C(C)C)no1. The van der Waals surface area contributed by atoms with Crippen molar-refractivity contribution in [2.45, 2.75) is 51.8 Å². The first-order chi connectivity index (χ1) is 8.56. The number of hydrogen-bond acceptors (Lipinski definition) is 5. The molecular formula is C13H25N3OS. The van der Waals surface area contributed by atoms with Gasteiger partial charge in [0.1, 0.15) is 0 Å².